The minimum atomic E-state index is -0.651. The molecule has 6 nitrogen and oxygen atoms in total. The number of amides is 2. The zero-order valence-corrected chi connectivity index (χ0v) is 14.1. The molecule has 0 atom stereocenters. The van der Waals surface area contributed by atoms with E-state index in [-0.39, 0.29) is 5.75 Å². The molecule has 3 rings (SSSR count). The van der Waals surface area contributed by atoms with Gasteiger partial charge in [-0.05, 0) is 42.8 Å². The number of carbonyl (C=O) groups is 2. The molecule has 1 aliphatic heterocycles. The van der Waals surface area contributed by atoms with Gasteiger partial charge in [-0.2, -0.15) is 0 Å². The number of aryl methyl sites for hydroxylation is 1. The molecule has 130 valence electrons. The van der Waals surface area contributed by atoms with Gasteiger partial charge in [0.15, 0.2) is 0 Å². The Balaban J connectivity index is 1.57. The number of benzene rings is 2. The third-order valence-corrected chi connectivity index (χ3v) is 4.34. The molecular formula is C19H21N3O3. The third kappa shape index (κ3) is 3.91. The lowest BCUT2D eigenvalue weighted by Gasteiger charge is -2.35. The van der Waals surface area contributed by atoms with Gasteiger partial charge in [-0.25, -0.2) is 0 Å². The minimum Gasteiger partial charge on any atom is -0.508 e. The van der Waals surface area contributed by atoms with E-state index in [1.54, 1.807) is 24.0 Å². The number of hydrogen-bond donors (Lipinski definition) is 2. The van der Waals surface area contributed by atoms with Crippen molar-refractivity contribution in [2.75, 3.05) is 36.4 Å². The number of rotatable bonds is 2. The van der Waals surface area contributed by atoms with E-state index < -0.39 is 11.8 Å². The van der Waals surface area contributed by atoms with E-state index in [0.717, 1.165) is 5.69 Å². The number of nitrogens with one attached hydrogen (secondary N) is 1. The van der Waals surface area contributed by atoms with Crippen LogP contribution in [0.15, 0.2) is 48.5 Å². The summed E-state index contributed by atoms with van der Waals surface area (Å²) in [5.74, 6) is -1.05. The van der Waals surface area contributed by atoms with E-state index in [0.29, 0.717) is 37.4 Å². The van der Waals surface area contributed by atoms with E-state index in [1.807, 2.05) is 30.3 Å². The van der Waals surface area contributed by atoms with Gasteiger partial charge in [0.1, 0.15) is 5.75 Å². The largest absolute Gasteiger partial charge is 0.508 e. The van der Waals surface area contributed by atoms with Crippen molar-refractivity contribution in [3.05, 3.63) is 54.1 Å². The summed E-state index contributed by atoms with van der Waals surface area (Å²) in [5, 5.41) is 12.0. The predicted octanol–water partition coefficient (Wildman–Crippen LogP) is 1.99. The van der Waals surface area contributed by atoms with Crippen LogP contribution < -0.4 is 10.2 Å². The van der Waals surface area contributed by atoms with Crippen LogP contribution in [-0.2, 0) is 9.59 Å². The Kier molecular flexibility index (Phi) is 4.88. The van der Waals surface area contributed by atoms with E-state index in [4.69, 9.17) is 0 Å². The van der Waals surface area contributed by atoms with E-state index in [1.165, 1.54) is 6.07 Å². The fourth-order valence-corrected chi connectivity index (χ4v) is 2.91. The Hall–Kier alpha value is -3.02. The number of nitrogens with zero attached hydrogens (tertiary/aromatic N) is 2. The van der Waals surface area contributed by atoms with Crippen molar-refractivity contribution in [2.24, 2.45) is 0 Å². The smallest absolute Gasteiger partial charge is 0.313 e. The third-order valence-electron chi connectivity index (χ3n) is 4.34. The first-order valence-corrected chi connectivity index (χ1v) is 8.24. The van der Waals surface area contributed by atoms with Crippen LogP contribution in [0.1, 0.15) is 5.56 Å². The Morgan fingerprint density at radius 3 is 2.32 bits per heavy atom. The molecule has 0 aromatic heterocycles. The first-order valence-electron chi connectivity index (χ1n) is 8.24. The summed E-state index contributed by atoms with van der Waals surface area (Å²) >= 11 is 0. The summed E-state index contributed by atoms with van der Waals surface area (Å²) in [5.41, 5.74) is 2.35. The maximum atomic E-state index is 12.4. The highest BCUT2D eigenvalue weighted by Crippen LogP contribution is 2.20. The van der Waals surface area contributed by atoms with E-state index in [2.05, 4.69) is 10.2 Å². The topological polar surface area (TPSA) is 72.9 Å². The SMILES string of the molecule is Cc1cc(O)ccc1NC(=O)C(=O)N1CCN(c2ccccc2)CC1. The highest BCUT2D eigenvalue weighted by atomic mass is 16.3. The highest BCUT2D eigenvalue weighted by molar-refractivity contribution is 6.39. The van der Waals surface area contributed by atoms with Crippen LogP contribution in [-0.4, -0.2) is 48.0 Å². The molecule has 0 saturated carbocycles. The van der Waals surface area contributed by atoms with E-state index >= 15 is 0 Å². The normalized spacial score (nSPS) is 14.3. The Bertz CT molecular complexity index is 769. The second-order valence-corrected chi connectivity index (χ2v) is 6.07. The van der Waals surface area contributed by atoms with Gasteiger partial charge in [0.05, 0.1) is 0 Å². The molecular weight excluding hydrogens is 318 g/mol. The van der Waals surface area contributed by atoms with Crippen LogP contribution in [0.4, 0.5) is 11.4 Å². The highest BCUT2D eigenvalue weighted by Gasteiger charge is 2.26. The number of aromatic hydroxyl groups is 1. The van der Waals surface area contributed by atoms with Crippen molar-refractivity contribution in [1.82, 2.24) is 4.90 Å². The second kappa shape index (κ2) is 7.25. The molecule has 0 bridgehead atoms. The van der Waals surface area contributed by atoms with Crippen LogP contribution in [0.5, 0.6) is 5.75 Å². The van der Waals surface area contributed by atoms with Crippen LogP contribution in [0.3, 0.4) is 0 Å². The summed E-state index contributed by atoms with van der Waals surface area (Å²) in [7, 11) is 0. The van der Waals surface area contributed by atoms with Crippen molar-refractivity contribution < 1.29 is 14.7 Å². The molecule has 1 heterocycles. The Morgan fingerprint density at radius 2 is 1.68 bits per heavy atom. The van der Waals surface area contributed by atoms with Crippen molar-refractivity contribution in [3.63, 3.8) is 0 Å². The maximum Gasteiger partial charge on any atom is 0.313 e. The number of carbonyl (C=O) groups excluding carboxylic acids is 2. The van der Waals surface area contributed by atoms with Gasteiger partial charge < -0.3 is 20.2 Å². The molecule has 0 radical (unpaired) electrons. The molecule has 2 aromatic rings. The van der Waals surface area contributed by atoms with Crippen LogP contribution in [0.2, 0.25) is 0 Å². The summed E-state index contributed by atoms with van der Waals surface area (Å²) < 4.78 is 0. The average molecular weight is 339 g/mol. The molecule has 0 aliphatic carbocycles. The fraction of sp³-hybridized carbons (Fsp3) is 0.263. The van der Waals surface area contributed by atoms with Gasteiger partial charge in [-0.3, -0.25) is 9.59 Å². The summed E-state index contributed by atoms with van der Waals surface area (Å²) in [6, 6.07) is 14.6. The van der Waals surface area contributed by atoms with Crippen LogP contribution in [0.25, 0.3) is 0 Å². The Labute approximate surface area is 146 Å². The molecule has 6 heteroatoms. The Morgan fingerprint density at radius 1 is 1.00 bits per heavy atom. The average Bonchev–Trinajstić information content (AvgIpc) is 2.64. The number of phenols is 1. The number of hydrogen-bond acceptors (Lipinski definition) is 4. The molecule has 2 amide bonds. The maximum absolute atomic E-state index is 12.4. The molecule has 1 fully saturated rings. The lowest BCUT2D eigenvalue weighted by atomic mass is 10.2. The van der Waals surface area contributed by atoms with Crippen molar-refractivity contribution >= 4 is 23.2 Å². The van der Waals surface area contributed by atoms with Gasteiger partial charge in [0, 0.05) is 37.6 Å². The number of piperazine rings is 1. The molecule has 0 spiro atoms. The van der Waals surface area contributed by atoms with Gasteiger partial charge >= 0.3 is 11.8 Å². The zero-order chi connectivity index (χ0) is 17.8. The molecule has 2 N–H and O–H groups in total. The molecule has 1 aliphatic rings. The monoisotopic (exact) mass is 339 g/mol. The predicted molar refractivity (Wildman–Crippen MR) is 96.7 cm³/mol. The lowest BCUT2D eigenvalue weighted by Crippen LogP contribution is -2.51. The van der Waals surface area contributed by atoms with Crippen LogP contribution in [0, 0.1) is 6.92 Å². The molecule has 25 heavy (non-hydrogen) atoms. The van der Waals surface area contributed by atoms with Gasteiger partial charge in [-0.1, -0.05) is 18.2 Å². The molecule has 2 aromatic carbocycles. The minimum absolute atomic E-state index is 0.124. The standard InChI is InChI=1S/C19H21N3O3/c1-14-13-16(23)7-8-17(14)20-18(24)19(25)22-11-9-21(10-12-22)15-5-3-2-4-6-15/h2-8,13,23H,9-12H2,1H3,(H,20,24). The van der Waals surface area contributed by atoms with Crippen LogP contribution >= 0.6 is 0 Å². The van der Waals surface area contributed by atoms with Crippen molar-refractivity contribution in [3.8, 4) is 5.75 Å². The second-order valence-electron chi connectivity index (χ2n) is 6.07. The lowest BCUT2D eigenvalue weighted by molar-refractivity contribution is -0.143. The molecule has 1 saturated heterocycles. The summed E-state index contributed by atoms with van der Waals surface area (Å²) in [4.78, 5) is 28.4. The first-order chi connectivity index (χ1) is 12.0. The van der Waals surface area contributed by atoms with Gasteiger partial charge in [0.2, 0.25) is 0 Å². The number of anilines is 2. The zero-order valence-electron chi connectivity index (χ0n) is 14.1. The quantitative estimate of drug-likeness (QED) is 0.648. The van der Waals surface area contributed by atoms with Crippen molar-refractivity contribution in [2.45, 2.75) is 6.92 Å². The van der Waals surface area contributed by atoms with Crippen molar-refractivity contribution in [1.29, 1.82) is 0 Å². The number of phenolic OH excluding ortho intramolecular Hbond substituents is 1. The number of para-hydroxylation sites is 1. The molecule has 0 unspecified atom stereocenters. The van der Waals surface area contributed by atoms with E-state index in [9.17, 15) is 14.7 Å². The summed E-state index contributed by atoms with van der Waals surface area (Å²) in [6.07, 6.45) is 0. The fourth-order valence-electron chi connectivity index (χ4n) is 2.91. The van der Waals surface area contributed by atoms with Gasteiger partial charge in [-0.15, -0.1) is 0 Å². The first kappa shape index (κ1) is 16.8. The summed E-state index contributed by atoms with van der Waals surface area (Å²) in [6.45, 7) is 4.17. The van der Waals surface area contributed by atoms with Gasteiger partial charge in [0.25, 0.3) is 0 Å².